The van der Waals surface area contributed by atoms with E-state index in [1.165, 1.54) is 42.7 Å². The van der Waals surface area contributed by atoms with Gasteiger partial charge in [-0.1, -0.05) is 50.3 Å². The number of nitrogens with one attached hydrogen (secondary N) is 1. The molecule has 28 heavy (non-hydrogen) atoms. The van der Waals surface area contributed by atoms with E-state index in [1.807, 2.05) is 6.07 Å². The summed E-state index contributed by atoms with van der Waals surface area (Å²) in [5.74, 6) is -0.133. The minimum atomic E-state index is -3.67. The first-order valence-corrected chi connectivity index (χ1v) is 11.4. The Morgan fingerprint density at radius 2 is 1.46 bits per heavy atom. The Bertz CT molecular complexity index is 872. The van der Waals surface area contributed by atoms with E-state index in [9.17, 15) is 13.2 Å². The molecule has 5 nitrogen and oxygen atoms in total. The molecule has 0 spiro atoms. The van der Waals surface area contributed by atoms with Crippen molar-refractivity contribution in [2.75, 3.05) is 11.4 Å². The summed E-state index contributed by atoms with van der Waals surface area (Å²) in [4.78, 5) is 12.7. The number of anilines is 1. The molecule has 3 rings (SSSR count). The first-order chi connectivity index (χ1) is 13.5. The fourth-order valence-electron chi connectivity index (χ4n) is 3.58. The number of sulfonamides is 1. The van der Waals surface area contributed by atoms with E-state index in [0.717, 1.165) is 25.7 Å². The number of benzene rings is 2. The van der Waals surface area contributed by atoms with Crippen molar-refractivity contribution in [1.82, 2.24) is 5.32 Å². The molecule has 0 aliphatic heterocycles. The maximum Gasteiger partial charge on any atom is 0.264 e. The predicted octanol–water partition coefficient (Wildman–Crippen LogP) is 4.35. The number of hydrogen-bond donors (Lipinski definition) is 1. The Balaban J connectivity index is 1.69. The number of nitrogens with zero attached hydrogens (tertiary/aromatic N) is 1. The van der Waals surface area contributed by atoms with Gasteiger partial charge in [0.1, 0.15) is 0 Å². The largest absolute Gasteiger partial charge is 0.349 e. The van der Waals surface area contributed by atoms with Gasteiger partial charge in [-0.05, 0) is 49.2 Å². The lowest BCUT2D eigenvalue weighted by Crippen LogP contribution is -2.35. The Morgan fingerprint density at radius 1 is 0.893 bits per heavy atom. The number of para-hydroxylation sites is 1. The van der Waals surface area contributed by atoms with Crippen LogP contribution in [0.25, 0.3) is 0 Å². The molecule has 150 valence electrons. The van der Waals surface area contributed by atoms with Crippen LogP contribution in [-0.4, -0.2) is 27.4 Å². The minimum Gasteiger partial charge on any atom is -0.349 e. The second-order valence-electron chi connectivity index (χ2n) is 7.35. The lowest BCUT2D eigenvalue weighted by molar-refractivity contribution is 0.0930. The van der Waals surface area contributed by atoms with E-state index in [0.29, 0.717) is 11.3 Å². The number of carbonyl (C=O) groups excluding carboxylic acids is 1. The molecule has 2 aromatic carbocycles. The molecule has 0 atom stereocenters. The van der Waals surface area contributed by atoms with Crippen LogP contribution in [0.15, 0.2) is 59.5 Å². The summed E-state index contributed by atoms with van der Waals surface area (Å²) in [6.45, 7) is 0. The summed E-state index contributed by atoms with van der Waals surface area (Å²) in [6, 6.07) is 15.3. The lowest BCUT2D eigenvalue weighted by atomic mass is 9.96. The van der Waals surface area contributed by atoms with E-state index in [1.54, 1.807) is 36.4 Å². The standard InChI is InChI=1S/C22H28N2O3S/c1-24(20-12-8-5-9-13-20)28(26,27)21-16-14-18(15-17-21)22(25)23-19-10-6-3-2-4-7-11-19/h5,8-9,12-17,19H,2-4,6-7,10-11H2,1H3,(H,23,25). The molecule has 0 aromatic heterocycles. The van der Waals surface area contributed by atoms with Crippen LogP contribution in [0.3, 0.4) is 0 Å². The molecular weight excluding hydrogens is 372 g/mol. The first-order valence-electron chi connectivity index (χ1n) is 9.93. The SMILES string of the molecule is CN(c1ccccc1)S(=O)(=O)c1ccc(C(=O)NC2CCCCCCC2)cc1. The number of amides is 1. The maximum atomic E-state index is 12.8. The average molecular weight is 401 g/mol. The molecule has 0 radical (unpaired) electrons. The number of rotatable bonds is 5. The Hall–Kier alpha value is -2.34. The third kappa shape index (κ3) is 4.93. The molecule has 1 saturated carbocycles. The molecule has 1 amide bonds. The molecule has 0 heterocycles. The van der Waals surface area contributed by atoms with Gasteiger partial charge in [-0.3, -0.25) is 9.10 Å². The number of carbonyl (C=O) groups is 1. The van der Waals surface area contributed by atoms with E-state index in [4.69, 9.17) is 0 Å². The van der Waals surface area contributed by atoms with Gasteiger partial charge in [-0.25, -0.2) is 8.42 Å². The zero-order chi connectivity index (χ0) is 20.0. The Kier molecular flexibility index (Phi) is 6.73. The maximum absolute atomic E-state index is 12.8. The van der Waals surface area contributed by atoms with Gasteiger partial charge in [0.25, 0.3) is 15.9 Å². The second kappa shape index (κ2) is 9.24. The van der Waals surface area contributed by atoms with Crippen molar-refractivity contribution in [2.24, 2.45) is 0 Å². The van der Waals surface area contributed by atoms with Crippen LogP contribution in [-0.2, 0) is 10.0 Å². The van der Waals surface area contributed by atoms with Crippen molar-refractivity contribution in [2.45, 2.75) is 55.9 Å². The fraction of sp³-hybridized carbons (Fsp3) is 0.409. The van der Waals surface area contributed by atoms with E-state index >= 15 is 0 Å². The van der Waals surface area contributed by atoms with Gasteiger partial charge in [-0.15, -0.1) is 0 Å². The Morgan fingerprint density at radius 3 is 2.07 bits per heavy atom. The molecule has 0 unspecified atom stereocenters. The second-order valence-corrected chi connectivity index (χ2v) is 9.32. The summed E-state index contributed by atoms with van der Waals surface area (Å²) in [5.41, 5.74) is 1.08. The van der Waals surface area contributed by atoms with Crippen molar-refractivity contribution in [1.29, 1.82) is 0 Å². The van der Waals surface area contributed by atoms with Crippen molar-refractivity contribution in [3.8, 4) is 0 Å². The van der Waals surface area contributed by atoms with Crippen molar-refractivity contribution < 1.29 is 13.2 Å². The van der Waals surface area contributed by atoms with Gasteiger partial charge < -0.3 is 5.32 Å². The molecule has 0 bridgehead atoms. The molecule has 2 aromatic rings. The molecule has 0 saturated heterocycles. The summed E-state index contributed by atoms with van der Waals surface area (Å²) in [7, 11) is -2.14. The summed E-state index contributed by atoms with van der Waals surface area (Å²) >= 11 is 0. The van der Waals surface area contributed by atoms with E-state index in [2.05, 4.69) is 5.32 Å². The van der Waals surface area contributed by atoms with E-state index < -0.39 is 10.0 Å². The molecule has 1 aliphatic rings. The summed E-state index contributed by atoms with van der Waals surface area (Å²) in [6.07, 6.45) is 8.07. The first kappa shape index (κ1) is 20.4. The molecular formula is C22H28N2O3S. The summed E-state index contributed by atoms with van der Waals surface area (Å²) in [5, 5.41) is 3.11. The smallest absolute Gasteiger partial charge is 0.264 e. The fourth-order valence-corrected chi connectivity index (χ4v) is 4.78. The highest BCUT2D eigenvalue weighted by molar-refractivity contribution is 7.92. The topological polar surface area (TPSA) is 66.5 Å². The highest BCUT2D eigenvalue weighted by Gasteiger charge is 2.22. The van der Waals surface area contributed by atoms with Crippen LogP contribution in [0.4, 0.5) is 5.69 Å². The average Bonchev–Trinajstić information content (AvgIpc) is 2.70. The lowest BCUT2D eigenvalue weighted by Gasteiger charge is -2.21. The third-order valence-corrected chi connectivity index (χ3v) is 7.13. The van der Waals surface area contributed by atoms with Crippen molar-refractivity contribution >= 4 is 21.6 Å². The Labute approximate surface area is 167 Å². The highest BCUT2D eigenvalue weighted by atomic mass is 32.2. The van der Waals surface area contributed by atoms with Crippen LogP contribution in [0.1, 0.15) is 55.3 Å². The van der Waals surface area contributed by atoms with Crippen molar-refractivity contribution in [3.63, 3.8) is 0 Å². The molecule has 1 N–H and O–H groups in total. The normalized spacial score (nSPS) is 16.0. The van der Waals surface area contributed by atoms with Crippen LogP contribution < -0.4 is 9.62 Å². The van der Waals surface area contributed by atoms with Gasteiger partial charge in [0.2, 0.25) is 0 Å². The zero-order valence-electron chi connectivity index (χ0n) is 16.3. The van der Waals surface area contributed by atoms with Gasteiger partial charge >= 0.3 is 0 Å². The van der Waals surface area contributed by atoms with Crippen LogP contribution in [0, 0.1) is 0 Å². The zero-order valence-corrected chi connectivity index (χ0v) is 17.1. The molecule has 1 aliphatic carbocycles. The van der Waals surface area contributed by atoms with Gasteiger partial charge in [-0.2, -0.15) is 0 Å². The predicted molar refractivity (Wildman–Crippen MR) is 112 cm³/mol. The summed E-state index contributed by atoms with van der Waals surface area (Å²) < 4.78 is 26.9. The van der Waals surface area contributed by atoms with Gasteiger partial charge in [0.15, 0.2) is 0 Å². The van der Waals surface area contributed by atoms with Gasteiger partial charge in [0, 0.05) is 18.7 Å². The van der Waals surface area contributed by atoms with E-state index in [-0.39, 0.29) is 16.8 Å². The van der Waals surface area contributed by atoms with Crippen LogP contribution in [0.2, 0.25) is 0 Å². The van der Waals surface area contributed by atoms with Crippen LogP contribution >= 0.6 is 0 Å². The van der Waals surface area contributed by atoms with Gasteiger partial charge in [0.05, 0.1) is 10.6 Å². The molecule has 6 heteroatoms. The minimum absolute atomic E-state index is 0.133. The quantitative estimate of drug-likeness (QED) is 0.811. The highest BCUT2D eigenvalue weighted by Crippen LogP contribution is 2.22. The monoisotopic (exact) mass is 400 g/mol. The molecule has 1 fully saturated rings. The number of hydrogen-bond acceptors (Lipinski definition) is 3. The van der Waals surface area contributed by atoms with Crippen molar-refractivity contribution in [3.05, 3.63) is 60.2 Å². The third-order valence-electron chi connectivity index (χ3n) is 5.34. The van der Waals surface area contributed by atoms with Crippen LogP contribution in [0.5, 0.6) is 0 Å².